The Morgan fingerprint density at radius 3 is 2.27 bits per heavy atom. The molecule has 5 heteroatoms. The maximum absolute atomic E-state index is 12.7. The number of hydrogen-bond acceptors (Lipinski definition) is 4. The first-order valence-electron chi connectivity index (χ1n) is 11.6. The van der Waals surface area contributed by atoms with Gasteiger partial charge in [0, 0.05) is 69.0 Å². The van der Waals surface area contributed by atoms with E-state index in [1.165, 1.54) is 68.4 Å². The molecule has 1 aromatic carbocycles. The molecule has 5 nitrogen and oxygen atoms in total. The molecule has 2 aromatic rings. The lowest BCUT2D eigenvalue weighted by molar-refractivity contribution is 0.0746. The van der Waals surface area contributed by atoms with E-state index in [0.717, 1.165) is 37.8 Å². The number of piperazine rings is 1. The standard InChI is InChI=1S/C25H32N4O/c30-25(21-7-11-26-12-8-21)29-17-15-28(16-18-29)24-6-5-20-9-13-27(14-10-22(20)19-24)23-3-1-2-4-23/h5-8,11-12,19,23H,1-4,9-10,13-18H2. The normalized spacial score (nSPS) is 20.8. The van der Waals surface area contributed by atoms with Crippen molar-refractivity contribution >= 4 is 11.6 Å². The maximum Gasteiger partial charge on any atom is 0.254 e. The molecular formula is C25H32N4O. The second-order valence-electron chi connectivity index (χ2n) is 8.94. The third-order valence-electron chi connectivity index (χ3n) is 7.23. The van der Waals surface area contributed by atoms with Gasteiger partial charge in [-0.1, -0.05) is 18.9 Å². The van der Waals surface area contributed by atoms with Crippen molar-refractivity contribution in [3.63, 3.8) is 0 Å². The molecule has 1 saturated carbocycles. The number of fused-ring (bicyclic) bond motifs is 1. The number of rotatable bonds is 3. The molecule has 2 fully saturated rings. The average molecular weight is 405 g/mol. The first-order valence-corrected chi connectivity index (χ1v) is 11.6. The molecule has 5 rings (SSSR count). The van der Waals surface area contributed by atoms with E-state index >= 15 is 0 Å². The Kier molecular flexibility index (Phi) is 5.71. The molecule has 1 aliphatic carbocycles. The van der Waals surface area contributed by atoms with E-state index < -0.39 is 0 Å². The van der Waals surface area contributed by atoms with E-state index in [1.807, 2.05) is 4.90 Å². The fourth-order valence-corrected chi connectivity index (χ4v) is 5.40. The van der Waals surface area contributed by atoms with Gasteiger partial charge in [-0.25, -0.2) is 0 Å². The van der Waals surface area contributed by atoms with Crippen LogP contribution in [0.15, 0.2) is 42.7 Å². The number of pyridine rings is 1. The van der Waals surface area contributed by atoms with Gasteiger partial charge in [0.15, 0.2) is 0 Å². The molecule has 0 radical (unpaired) electrons. The van der Waals surface area contributed by atoms with Gasteiger partial charge < -0.3 is 9.80 Å². The molecule has 3 aliphatic rings. The number of aromatic nitrogens is 1. The van der Waals surface area contributed by atoms with Crippen LogP contribution in [0.2, 0.25) is 0 Å². The predicted octanol–water partition coefficient (Wildman–Crippen LogP) is 3.39. The Bertz CT molecular complexity index is 870. The molecule has 0 spiro atoms. The van der Waals surface area contributed by atoms with Gasteiger partial charge in [-0.15, -0.1) is 0 Å². The number of carbonyl (C=O) groups is 1. The zero-order valence-corrected chi connectivity index (χ0v) is 17.8. The largest absolute Gasteiger partial charge is 0.368 e. The van der Waals surface area contributed by atoms with Crippen LogP contribution in [0.25, 0.3) is 0 Å². The Labute approximate surface area is 179 Å². The Morgan fingerprint density at radius 1 is 0.833 bits per heavy atom. The zero-order chi connectivity index (χ0) is 20.3. The summed E-state index contributed by atoms with van der Waals surface area (Å²) in [4.78, 5) is 23.9. The highest BCUT2D eigenvalue weighted by molar-refractivity contribution is 5.94. The minimum Gasteiger partial charge on any atom is -0.368 e. The molecule has 0 N–H and O–H groups in total. The van der Waals surface area contributed by atoms with Gasteiger partial charge in [-0.05, 0) is 61.1 Å². The molecule has 2 aliphatic heterocycles. The first kappa shape index (κ1) is 19.6. The molecule has 30 heavy (non-hydrogen) atoms. The lowest BCUT2D eigenvalue weighted by atomic mass is 10.0. The summed E-state index contributed by atoms with van der Waals surface area (Å²) in [6, 6.07) is 11.5. The third kappa shape index (κ3) is 4.08. The van der Waals surface area contributed by atoms with Crippen molar-refractivity contribution in [3.05, 3.63) is 59.4 Å². The number of anilines is 1. The van der Waals surface area contributed by atoms with Crippen molar-refractivity contribution in [1.29, 1.82) is 0 Å². The fraction of sp³-hybridized carbons (Fsp3) is 0.520. The number of amides is 1. The molecule has 0 bridgehead atoms. The van der Waals surface area contributed by atoms with Crippen molar-refractivity contribution < 1.29 is 4.79 Å². The highest BCUT2D eigenvalue weighted by Crippen LogP contribution is 2.28. The highest BCUT2D eigenvalue weighted by atomic mass is 16.2. The van der Waals surface area contributed by atoms with Crippen molar-refractivity contribution in [3.8, 4) is 0 Å². The predicted molar refractivity (Wildman–Crippen MR) is 120 cm³/mol. The van der Waals surface area contributed by atoms with Gasteiger partial charge in [0.05, 0.1) is 0 Å². The summed E-state index contributed by atoms with van der Waals surface area (Å²) in [6.07, 6.45) is 11.3. The minimum atomic E-state index is 0.117. The molecular weight excluding hydrogens is 372 g/mol. The third-order valence-corrected chi connectivity index (χ3v) is 7.23. The van der Waals surface area contributed by atoms with Crippen LogP contribution in [0.4, 0.5) is 5.69 Å². The lowest BCUT2D eigenvalue weighted by Crippen LogP contribution is -2.48. The smallest absolute Gasteiger partial charge is 0.254 e. The van der Waals surface area contributed by atoms with E-state index in [1.54, 1.807) is 24.5 Å². The van der Waals surface area contributed by atoms with Crippen LogP contribution in [0, 0.1) is 0 Å². The van der Waals surface area contributed by atoms with Crippen LogP contribution >= 0.6 is 0 Å². The zero-order valence-electron chi connectivity index (χ0n) is 17.8. The van der Waals surface area contributed by atoms with E-state index in [9.17, 15) is 4.79 Å². The van der Waals surface area contributed by atoms with Crippen molar-refractivity contribution in [2.24, 2.45) is 0 Å². The quantitative estimate of drug-likeness (QED) is 0.786. The van der Waals surface area contributed by atoms with Crippen molar-refractivity contribution in [1.82, 2.24) is 14.8 Å². The van der Waals surface area contributed by atoms with Gasteiger partial charge in [-0.2, -0.15) is 0 Å². The van der Waals surface area contributed by atoms with Gasteiger partial charge in [0.25, 0.3) is 5.91 Å². The van der Waals surface area contributed by atoms with Crippen LogP contribution in [0.1, 0.15) is 47.2 Å². The molecule has 0 unspecified atom stereocenters. The maximum atomic E-state index is 12.7. The molecule has 0 atom stereocenters. The van der Waals surface area contributed by atoms with Crippen LogP contribution in [0.3, 0.4) is 0 Å². The second-order valence-corrected chi connectivity index (χ2v) is 8.94. The van der Waals surface area contributed by atoms with Crippen LogP contribution in [-0.2, 0) is 12.8 Å². The van der Waals surface area contributed by atoms with Crippen LogP contribution in [0.5, 0.6) is 0 Å². The van der Waals surface area contributed by atoms with Gasteiger partial charge in [0.2, 0.25) is 0 Å². The summed E-state index contributed by atoms with van der Waals surface area (Å²) >= 11 is 0. The van der Waals surface area contributed by atoms with Gasteiger partial charge in [-0.3, -0.25) is 14.7 Å². The van der Waals surface area contributed by atoms with E-state index in [-0.39, 0.29) is 5.91 Å². The average Bonchev–Trinajstić information content (AvgIpc) is 3.26. The van der Waals surface area contributed by atoms with Crippen LogP contribution < -0.4 is 4.90 Å². The van der Waals surface area contributed by atoms with Gasteiger partial charge >= 0.3 is 0 Å². The highest BCUT2D eigenvalue weighted by Gasteiger charge is 2.26. The van der Waals surface area contributed by atoms with Crippen molar-refractivity contribution in [2.45, 2.75) is 44.6 Å². The van der Waals surface area contributed by atoms with E-state index in [4.69, 9.17) is 0 Å². The number of carbonyl (C=O) groups excluding carboxylic acids is 1. The summed E-state index contributed by atoms with van der Waals surface area (Å²) in [5, 5.41) is 0. The monoisotopic (exact) mass is 404 g/mol. The summed E-state index contributed by atoms with van der Waals surface area (Å²) < 4.78 is 0. The lowest BCUT2D eigenvalue weighted by Gasteiger charge is -2.36. The fourth-order valence-electron chi connectivity index (χ4n) is 5.40. The second kappa shape index (κ2) is 8.76. The minimum absolute atomic E-state index is 0.117. The summed E-state index contributed by atoms with van der Waals surface area (Å²) in [5.74, 6) is 0.117. The Balaban J connectivity index is 1.21. The first-order chi connectivity index (χ1) is 14.8. The van der Waals surface area contributed by atoms with Crippen molar-refractivity contribution in [2.75, 3.05) is 44.2 Å². The number of hydrogen-bond donors (Lipinski definition) is 0. The summed E-state index contributed by atoms with van der Waals surface area (Å²) in [6.45, 7) is 5.75. The van der Waals surface area contributed by atoms with E-state index in [0.29, 0.717) is 0 Å². The van der Waals surface area contributed by atoms with E-state index in [2.05, 4.69) is 33.0 Å². The molecule has 1 amide bonds. The molecule has 3 heterocycles. The molecule has 1 aromatic heterocycles. The number of nitrogens with zero attached hydrogens (tertiary/aromatic N) is 4. The summed E-state index contributed by atoms with van der Waals surface area (Å²) in [5.41, 5.74) is 5.11. The van der Waals surface area contributed by atoms with Crippen LogP contribution in [-0.4, -0.2) is 66.0 Å². The number of benzene rings is 1. The SMILES string of the molecule is O=C(c1ccncc1)N1CCN(c2ccc3c(c2)CCN(C2CCCC2)CC3)CC1. The summed E-state index contributed by atoms with van der Waals surface area (Å²) in [7, 11) is 0. The van der Waals surface area contributed by atoms with Gasteiger partial charge in [0.1, 0.15) is 0 Å². The molecule has 158 valence electrons. The topological polar surface area (TPSA) is 39.7 Å². The molecule has 1 saturated heterocycles. The Morgan fingerprint density at radius 2 is 1.53 bits per heavy atom. The Hall–Kier alpha value is -2.40.